The first-order chi connectivity index (χ1) is 18.0. The van der Waals surface area contributed by atoms with Gasteiger partial charge in [0, 0.05) is 62.6 Å². The number of hydrogen-bond acceptors (Lipinski definition) is 8. The number of rotatable bonds is 11. The first-order valence-corrected chi connectivity index (χ1v) is 12.5. The molecule has 3 aromatic rings. The number of hydrogen-bond donors (Lipinski definition) is 1. The summed E-state index contributed by atoms with van der Waals surface area (Å²) in [4.78, 5) is 25.9. The van der Waals surface area contributed by atoms with Crippen LogP contribution in [0, 0.1) is 5.82 Å². The molecule has 1 aliphatic heterocycles. The lowest BCUT2D eigenvalue weighted by molar-refractivity contribution is 0.0847. The van der Waals surface area contributed by atoms with E-state index in [1.165, 1.54) is 26.0 Å². The molecule has 0 amide bonds. The number of methoxy groups -OCH3 is 2. The topological polar surface area (TPSA) is 79.8 Å². The van der Waals surface area contributed by atoms with E-state index in [1.807, 2.05) is 12.1 Å². The number of Topliss-reactive ketones (excluding diaryl/α,β-unsaturated/α-hetero) is 1. The number of nitrogens with one attached hydrogen (secondary N) is 1. The number of benzene rings is 2. The minimum atomic E-state index is -0.466. The quantitative estimate of drug-likeness (QED) is 0.388. The van der Waals surface area contributed by atoms with Crippen LogP contribution in [0.5, 0.6) is 5.75 Å². The molecule has 1 N–H and O–H groups in total. The lowest BCUT2D eigenvalue weighted by atomic mass is 10.0. The van der Waals surface area contributed by atoms with Crippen LogP contribution >= 0.6 is 0 Å². The third kappa shape index (κ3) is 6.81. The predicted molar refractivity (Wildman–Crippen MR) is 143 cm³/mol. The van der Waals surface area contributed by atoms with Gasteiger partial charge in [0.05, 0.1) is 7.11 Å². The molecule has 2 heterocycles. The molecule has 2 aromatic carbocycles. The number of aromatic nitrogens is 2. The fraction of sp³-hybridized carbons (Fsp3) is 0.393. The zero-order chi connectivity index (χ0) is 26.2. The highest BCUT2D eigenvalue weighted by Crippen LogP contribution is 2.25. The standard InChI is InChI=1S/C28H34FN5O3/c1-4-33-11-13-34(14-12-33)24-9-7-23(8-10-24)32-28-30-17-20(18-31-28)5-6-21-15-22(25(35)19-36-2)16-26(37-3)27(21)29/h7-10,15-18H,4-6,11-14,19H2,1-3H3,(H,30,31,32). The molecule has 0 saturated carbocycles. The number of aryl methyl sites for hydroxylation is 2. The number of likely N-dealkylation sites (N-methyl/N-ethyl adjacent to an activating group) is 1. The van der Waals surface area contributed by atoms with Crippen LogP contribution in [0.1, 0.15) is 28.4 Å². The van der Waals surface area contributed by atoms with Crippen LogP contribution in [-0.4, -0.2) is 74.2 Å². The Hall–Kier alpha value is -3.56. The van der Waals surface area contributed by atoms with Crippen molar-refractivity contribution >= 4 is 23.1 Å². The summed E-state index contributed by atoms with van der Waals surface area (Å²) < 4.78 is 24.8. The van der Waals surface area contributed by atoms with Gasteiger partial charge >= 0.3 is 0 Å². The molecule has 0 unspecified atom stereocenters. The van der Waals surface area contributed by atoms with Crippen molar-refractivity contribution in [1.82, 2.24) is 14.9 Å². The second-order valence-electron chi connectivity index (χ2n) is 9.02. The van der Waals surface area contributed by atoms with Gasteiger partial charge in [0.25, 0.3) is 0 Å². The summed E-state index contributed by atoms with van der Waals surface area (Å²) in [6, 6.07) is 11.3. The van der Waals surface area contributed by atoms with Gasteiger partial charge in [-0.05, 0) is 66.9 Å². The number of halogens is 1. The van der Waals surface area contributed by atoms with Crippen molar-refractivity contribution in [3.8, 4) is 5.75 Å². The molecule has 1 aromatic heterocycles. The molecule has 0 atom stereocenters. The Bertz CT molecular complexity index is 1180. The highest BCUT2D eigenvalue weighted by Gasteiger charge is 2.17. The van der Waals surface area contributed by atoms with Gasteiger partial charge in [-0.2, -0.15) is 0 Å². The molecular weight excluding hydrogens is 473 g/mol. The van der Waals surface area contributed by atoms with Crippen LogP contribution in [0.3, 0.4) is 0 Å². The van der Waals surface area contributed by atoms with Crippen molar-refractivity contribution in [1.29, 1.82) is 0 Å². The van der Waals surface area contributed by atoms with E-state index in [9.17, 15) is 9.18 Å². The van der Waals surface area contributed by atoms with Crippen molar-refractivity contribution in [3.05, 3.63) is 71.3 Å². The van der Waals surface area contributed by atoms with Crippen molar-refractivity contribution in [2.24, 2.45) is 0 Å². The Kier molecular flexibility index (Phi) is 9.03. The molecule has 1 aliphatic rings. The maximum absolute atomic E-state index is 14.8. The Morgan fingerprint density at radius 3 is 2.35 bits per heavy atom. The summed E-state index contributed by atoms with van der Waals surface area (Å²) >= 11 is 0. The van der Waals surface area contributed by atoms with Crippen molar-refractivity contribution < 1.29 is 18.7 Å². The van der Waals surface area contributed by atoms with E-state index >= 15 is 0 Å². The maximum Gasteiger partial charge on any atom is 0.227 e. The first kappa shape index (κ1) is 26.5. The fourth-order valence-electron chi connectivity index (χ4n) is 4.40. The average molecular weight is 508 g/mol. The van der Waals surface area contributed by atoms with Gasteiger partial charge in [-0.1, -0.05) is 6.92 Å². The number of anilines is 3. The zero-order valence-corrected chi connectivity index (χ0v) is 21.7. The lowest BCUT2D eigenvalue weighted by Crippen LogP contribution is -2.46. The molecule has 4 rings (SSSR count). The SMILES string of the molecule is CCN1CCN(c2ccc(Nc3ncc(CCc4cc(C(=O)COC)cc(OC)c4F)cn3)cc2)CC1. The van der Waals surface area contributed by atoms with E-state index in [2.05, 4.69) is 44.1 Å². The highest BCUT2D eigenvalue weighted by molar-refractivity contribution is 5.97. The van der Waals surface area contributed by atoms with Crippen LogP contribution in [0.25, 0.3) is 0 Å². The van der Waals surface area contributed by atoms with Gasteiger partial charge in [0.2, 0.25) is 5.95 Å². The zero-order valence-electron chi connectivity index (χ0n) is 21.7. The van der Waals surface area contributed by atoms with Crippen LogP contribution in [0.15, 0.2) is 48.8 Å². The van der Waals surface area contributed by atoms with E-state index in [4.69, 9.17) is 9.47 Å². The largest absolute Gasteiger partial charge is 0.494 e. The summed E-state index contributed by atoms with van der Waals surface area (Å²) in [7, 11) is 2.83. The molecule has 0 aliphatic carbocycles. The molecule has 1 saturated heterocycles. The molecule has 0 radical (unpaired) electrons. The second kappa shape index (κ2) is 12.6. The molecule has 0 bridgehead atoms. The summed E-state index contributed by atoms with van der Waals surface area (Å²) in [6.07, 6.45) is 4.35. The van der Waals surface area contributed by atoms with Crippen molar-refractivity contribution in [2.45, 2.75) is 19.8 Å². The third-order valence-electron chi connectivity index (χ3n) is 6.63. The Labute approximate surface area is 217 Å². The van der Waals surface area contributed by atoms with Crippen molar-refractivity contribution in [2.75, 3.05) is 63.8 Å². The molecule has 0 spiro atoms. The van der Waals surface area contributed by atoms with Gasteiger partial charge in [-0.15, -0.1) is 0 Å². The van der Waals surface area contributed by atoms with Gasteiger partial charge in [-0.3, -0.25) is 4.79 Å². The third-order valence-corrected chi connectivity index (χ3v) is 6.63. The number of ketones is 1. The van der Waals surface area contributed by atoms with E-state index in [0.717, 1.165) is 44.0 Å². The normalized spacial score (nSPS) is 14.0. The van der Waals surface area contributed by atoms with Gasteiger partial charge in [-0.25, -0.2) is 14.4 Å². The molecule has 196 valence electrons. The minimum absolute atomic E-state index is 0.0435. The van der Waals surface area contributed by atoms with Crippen LogP contribution in [0.4, 0.5) is 21.7 Å². The van der Waals surface area contributed by atoms with Crippen LogP contribution in [-0.2, 0) is 17.6 Å². The molecule has 8 nitrogen and oxygen atoms in total. The average Bonchev–Trinajstić information content (AvgIpc) is 2.94. The maximum atomic E-state index is 14.8. The number of piperazine rings is 1. The van der Waals surface area contributed by atoms with Gasteiger partial charge in [0.1, 0.15) is 6.61 Å². The molecule has 1 fully saturated rings. The lowest BCUT2D eigenvalue weighted by Gasteiger charge is -2.35. The van der Waals surface area contributed by atoms with Crippen LogP contribution in [0.2, 0.25) is 0 Å². The Balaban J connectivity index is 1.35. The smallest absolute Gasteiger partial charge is 0.227 e. The molecular formula is C28H34FN5O3. The second-order valence-corrected chi connectivity index (χ2v) is 9.02. The predicted octanol–water partition coefficient (Wildman–Crippen LogP) is 4.12. The fourth-order valence-corrected chi connectivity index (χ4v) is 4.40. The molecule has 9 heteroatoms. The van der Waals surface area contributed by atoms with Crippen LogP contribution < -0.4 is 15.0 Å². The van der Waals surface area contributed by atoms with Gasteiger partial charge in [0.15, 0.2) is 17.3 Å². The number of carbonyl (C=O) groups is 1. The summed E-state index contributed by atoms with van der Waals surface area (Å²) in [5, 5.41) is 3.23. The van der Waals surface area contributed by atoms with E-state index < -0.39 is 5.82 Å². The van der Waals surface area contributed by atoms with E-state index in [-0.39, 0.29) is 18.1 Å². The molecule has 37 heavy (non-hydrogen) atoms. The van der Waals surface area contributed by atoms with E-state index in [0.29, 0.717) is 29.9 Å². The number of ether oxygens (including phenoxy) is 2. The van der Waals surface area contributed by atoms with E-state index in [1.54, 1.807) is 18.5 Å². The van der Waals surface area contributed by atoms with Crippen molar-refractivity contribution in [3.63, 3.8) is 0 Å². The Morgan fingerprint density at radius 1 is 1.03 bits per heavy atom. The van der Waals surface area contributed by atoms with Gasteiger partial charge < -0.3 is 24.6 Å². The number of carbonyl (C=O) groups excluding carboxylic acids is 1. The highest BCUT2D eigenvalue weighted by atomic mass is 19.1. The monoisotopic (exact) mass is 507 g/mol. The Morgan fingerprint density at radius 2 is 1.73 bits per heavy atom. The minimum Gasteiger partial charge on any atom is -0.494 e. The summed E-state index contributed by atoms with van der Waals surface area (Å²) in [5.74, 6) is -0.158. The summed E-state index contributed by atoms with van der Waals surface area (Å²) in [6.45, 7) is 7.49. The first-order valence-electron chi connectivity index (χ1n) is 12.5. The summed E-state index contributed by atoms with van der Waals surface area (Å²) in [5.41, 5.74) is 3.75. The number of nitrogens with zero attached hydrogens (tertiary/aromatic N) is 4.